The molecule has 0 aliphatic rings. The quantitative estimate of drug-likeness (QED) is 0.811. The molecule has 0 radical (unpaired) electrons. The maximum atomic E-state index is 9.27. The van der Waals surface area contributed by atoms with E-state index in [0.29, 0.717) is 0 Å². The van der Waals surface area contributed by atoms with Gasteiger partial charge in [-0.05, 0) is 24.8 Å². The zero-order valence-corrected chi connectivity index (χ0v) is 14.1. The first-order chi connectivity index (χ1) is 9.83. The first-order valence-electron chi connectivity index (χ1n) is 7.42. The molecule has 0 saturated carbocycles. The van der Waals surface area contributed by atoms with E-state index < -0.39 is 0 Å². The van der Waals surface area contributed by atoms with Gasteiger partial charge in [0, 0.05) is 30.3 Å². The molecular formula is C17H29NO3. The molecule has 0 fully saturated rings. The zero-order chi connectivity index (χ0) is 16.0. The van der Waals surface area contributed by atoms with Gasteiger partial charge < -0.3 is 19.9 Å². The molecular weight excluding hydrogens is 266 g/mol. The van der Waals surface area contributed by atoms with Crippen LogP contribution < -0.4 is 14.8 Å². The van der Waals surface area contributed by atoms with Crippen molar-refractivity contribution in [1.82, 2.24) is 5.32 Å². The lowest BCUT2D eigenvalue weighted by molar-refractivity contribution is 0.187. The van der Waals surface area contributed by atoms with Gasteiger partial charge in [0.15, 0.2) is 0 Å². The summed E-state index contributed by atoms with van der Waals surface area (Å²) in [5.74, 6) is 1.59. The number of hydrogen-bond acceptors (Lipinski definition) is 4. The molecule has 0 aliphatic heterocycles. The van der Waals surface area contributed by atoms with E-state index in [0.717, 1.165) is 23.5 Å². The SMILES string of the molecule is COc1ccc(C(C)NC(CCO)C(C)(C)C)c(OC)c1. The molecule has 0 aromatic heterocycles. The molecule has 1 aromatic rings. The Morgan fingerprint density at radius 2 is 1.86 bits per heavy atom. The van der Waals surface area contributed by atoms with Crippen molar-refractivity contribution in [1.29, 1.82) is 0 Å². The minimum absolute atomic E-state index is 0.0801. The number of nitrogens with one attached hydrogen (secondary N) is 1. The summed E-state index contributed by atoms with van der Waals surface area (Å²) in [7, 11) is 3.31. The average Bonchev–Trinajstić information content (AvgIpc) is 2.44. The monoisotopic (exact) mass is 295 g/mol. The zero-order valence-electron chi connectivity index (χ0n) is 14.1. The van der Waals surface area contributed by atoms with E-state index in [2.05, 4.69) is 33.0 Å². The summed E-state index contributed by atoms with van der Waals surface area (Å²) < 4.78 is 10.7. The number of ether oxygens (including phenoxy) is 2. The largest absolute Gasteiger partial charge is 0.497 e. The van der Waals surface area contributed by atoms with Gasteiger partial charge in [0.1, 0.15) is 11.5 Å². The van der Waals surface area contributed by atoms with Gasteiger partial charge in [0.2, 0.25) is 0 Å². The fraction of sp³-hybridized carbons (Fsp3) is 0.647. The van der Waals surface area contributed by atoms with E-state index in [1.54, 1.807) is 14.2 Å². The third kappa shape index (κ3) is 4.90. The first kappa shape index (κ1) is 17.8. The van der Waals surface area contributed by atoms with Gasteiger partial charge in [-0.1, -0.05) is 26.8 Å². The second kappa shape index (κ2) is 7.66. The Balaban J connectivity index is 2.94. The maximum absolute atomic E-state index is 9.27. The van der Waals surface area contributed by atoms with Crippen LogP contribution in [0.15, 0.2) is 18.2 Å². The van der Waals surface area contributed by atoms with Crippen molar-refractivity contribution in [3.8, 4) is 11.5 Å². The van der Waals surface area contributed by atoms with E-state index in [4.69, 9.17) is 9.47 Å². The molecule has 2 N–H and O–H groups in total. The number of rotatable bonds is 7. The van der Waals surface area contributed by atoms with Gasteiger partial charge in [-0.3, -0.25) is 0 Å². The normalized spacial score (nSPS) is 14.6. The van der Waals surface area contributed by atoms with Crippen LogP contribution in [0.5, 0.6) is 11.5 Å². The molecule has 21 heavy (non-hydrogen) atoms. The highest BCUT2D eigenvalue weighted by atomic mass is 16.5. The molecule has 2 atom stereocenters. The highest BCUT2D eigenvalue weighted by molar-refractivity contribution is 5.42. The molecule has 1 aromatic carbocycles. The van der Waals surface area contributed by atoms with Gasteiger partial charge in [-0.15, -0.1) is 0 Å². The van der Waals surface area contributed by atoms with Crippen LogP contribution in [0.1, 0.15) is 45.7 Å². The van der Waals surface area contributed by atoms with E-state index in [-0.39, 0.29) is 24.1 Å². The maximum Gasteiger partial charge on any atom is 0.127 e. The van der Waals surface area contributed by atoms with Gasteiger partial charge in [0.05, 0.1) is 14.2 Å². The summed E-state index contributed by atoms with van der Waals surface area (Å²) in [4.78, 5) is 0. The fourth-order valence-electron chi connectivity index (χ4n) is 2.46. The number of methoxy groups -OCH3 is 2. The van der Waals surface area contributed by atoms with E-state index in [1.165, 1.54) is 0 Å². The Kier molecular flexibility index (Phi) is 6.49. The van der Waals surface area contributed by atoms with Gasteiger partial charge in [0.25, 0.3) is 0 Å². The van der Waals surface area contributed by atoms with Crippen LogP contribution in [0.4, 0.5) is 0 Å². The Hall–Kier alpha value is -1.26. The molecule has 4 heteroatoms. The summed E-state index contributed by atoms with van der Waals surface area (Å²) in [5, 5.41) is 12.9. The Morgan fingerprint density at radius 3 is 2.33 bits per heavy atom. The lowest BCUT2D eigenvalue weighted by atomic mass is 9.84. The van der Waals surface area contributed by atoms with E-state index in [9.17, 15) is 5.11 Å². The van der Waals surface area contributed by atoms with E-state index >= 15 is 0 Å². The number of benzene rings is 1. The topological polar surface area (TPSA) is 50.7 Å². The summed E-state index contributed by atoms with van der Waals surface area (Å²) in [6.07, 6.45) is 0.728. The molecule has 1 rings (SSSR count). The third-order valence-electron chi connectivity index (χ3n) is 3.82. The Bertz CT molecular complexity index is 440. The minimum Gasteiger partial charge on any atom is -0.497 e. The number of hydrogen-bond donors (Lipinski definition) is 2. The molecule has 0 spiro atoms. The Morgan fingerprint density at radius 1 is 1.19 bits per heavy atom. The van der Waals surface area contributed by atoms with Crippen molar-refractivity contribution in [2.24, 2.45) is 5.41 Å². The predicted molar refractivity (Wildman–Crippen MR) is 86.0 cm³/mol. The molecule has 0 heterocycles. The second-order valence-electron chi connectivity index (χ2n) is 6.43. The van der Waals surface area contributed by atoms with Gasteiger partial charge >= 0.3 is 0 Å². The van der Waals surface area contributed by atoms with Crippen molar-refractivity contribution in [2.75, 3.05) is 20.8 Å². The molecule has 2 unspecified atom stereocenters. The third-order valence-corrected chi connectivity index (χ3v) is 3.82. The molecule has 0 bridgehead atoms. The van der Waals surface area contributed by atoms with Gasteiger partial charge in [-0.2, -0.15) is 0 Å². The number of aliphatic hydroxyl groups is 1. The Labute approximate surface area is 128 Å². The van der Waals surface area contributed by atoms with Crippen LogP contribution in [0, 0.1) is 5.41 Å². The molecule has 120 valence electrons. The lowest BCUT2D eigenvalue weighted by Crippen LogP contribution is -2.42. The average molecular weight is 295 g/mol. The van der Waals surface area contributed by atoms with Crippen molar-refractivity contribution in [3.63, 3.8) is 0 Å². The van der Waals surface area contributed by atoms with Crippen LogP contribution in [-0.2, 0) is 0 Å². The summed E-state index contributed by atoms with van der Waals surface area (Å²) in [6, 6.07) is 6.21. The first-order valence-corrected chi connectivity index (χ1v) is 7.42. The molecule has 0 amide bonds. The van der Waals surface area contributed by atoms with Crippen LogP contribution >= 0.6 is 0 Å². The number of aliphatic hydroxyl groups excluding tert-OH is 1. The van der Waals surface area contributed by atoms with Crippen LogP contribution in [0.2, 0.25) is 0 Å². The van der Waals surface area contributed by atoms with Crippen LogP contribution in [0.25, 0.3) is 0 Å². The minimum atomic E-state index is 0.0801. The summed E-state index contributed by atoms with van der Waals surface area (Å²) >= 11 is 0. The fourth-order valence-corrected chi connectivity index (χ4v) is 2.46. The summed E-state index contributed by atoms with van der Waals surface area (Å²) in [5.41, 5.74) is 1.17. The second-order valence-corrected chi connectivity index (χ2v) is 6.43. The van der Waals surface area contributed by atoms with Crippen molar-refractivity contribution in [2.45, 2.75) is 46.2 Å². The van der Waals surface area contributed by atoms with Crippen LogP contribution in [-0.4, -0.2) is 32.0 Å². The van der Waals surface area contributed by atoms with Crippen molar-refractivity contribution >= 4 is 0 Å². The highest BCUT2D eigenvalue weighted by Gasteiger charge is 2.26. The standard InChI is InChI=1S/C17H29NO3/c1-12(18-16(9-10-19)17(2,3)4)14-8-7-13(20-5)11-15(14)21-6/h7-8,11-12,16,18-19H,9-10H2,1-6H3. The highest BCUT2D eigenvalue weighted by Crippen LogP contribution is 2.31. The molecule has 0 aliphatic carbocycles. The molecule has 0 saturated heterocycles. The van der Waals surface area contributed by atoms with Gasteiger partial charge in [-0.25, -0.2) is 0 Å². The van der Waals surface area contributed by atoms with Crippen LogP contribution in [0.3, 0.4) is 0 Å². The summed E-state index contributed by atoms with van der Waals surface area (Å²) in [6.45, 7) is 8.83. The lowest BCUT2D eigenvalue weighted by Gasteiger charge is -2.34. The van der Waals surface area contributed by atoms with Crippen molar-refractivity contribution < 1.29 is 14.6 Å². The smallest absolute Gasteiger partial charge is 0.127 e. The predicted octanol–water partition coefficient (Wildman–Crippen LogP) is 3.15. The van der Waals surface area contributed by atoms with Crippen molar-refractivity contribution in [3.05, 3.63) is 23.8 Å². The van der Waals surface area contributed by atoms with E-state index in [1.807, 2.05) is 18.2 Å². The molecule has 4 nitrogen and oxygen atoms in total.